The van der Waals surface area contributed by atoms with Crippen LogP contribution in [0.4, 0.5) is 0 Å². The van der Waals surface area contributed by atoms with Gasteiger partial charge < -0.3 is 0 Å². The van der Waals surface area contributed by atoms with E-state index in [1.54, 1.807) is 18.1 Å². The Kier molecular flexibility index (Phi) is 5.21. The van der Waals surface area contributed by atoms with Crippen molar-refractivity contribution < 1.29 is 4.79 Å². The average molecular weight is 323 g/mol. The SMILES string of the molecule is O=C(CCCSc1nncn1-c1ccccc1)c1ccccc1. The summed E-state index contributed by atoms with van der Waals surface area (Å²) in [6.07, 6.45) is 3.09. The summed E-state index contributed by atoms with van der Waals surface area (Å²) in [7, 11) is 0. The van der Waals surface area contributed by atoms with Crippen molar-refractivity contribution in [3.8, 4) is 5.69 Å². The second kappa shape index (κ2) is 7.74. The Hall–Kier alpha value is -2.40. The third-order valence-corrected chi connectivity index (χ3v) is 4.46. The summed E-state index contributed by atoms with van der Waals surface area (Å²) in [6, 6.07) is 19.4. The number of rotatable bonds is 7. The molecule has 4 nitrogen and oxygen atoms in total. The van der Waals surface area contributed by atoms with Gasteiger partial charge in [0.15, 0.2) is 10.9 Å². The molecule has 0 saturated carbocycles. The lowest BCUT2D eigenvalue weighted by Crippen LogP contribution is -2.00. The maximum absolute atomic E-state index is 12.1. The monoisotopic (exact) mass is 323 g/mol. The number of benzene rings is 2. The Morgan fingerprint density at radius 3 is 2.43 bits per heavy atom. The van der Waals surface area contributed by atoms with Gasteiger partial charge >= 0.3 is 0 Å². The highest BCUT2D eigenvalue weighted by Crippen LogP contribution is 2.20. The molecule has 0 atom stereocenters. The molecule has 0 radical (unpaired) electrons. The molecule has 116 valence electrons. The molecule has 3 aromatic rings. The van der Waals surface area contributed by atoms with Gasteiger partial charge in [0.2, 0.25) is 0 Å². The van der Waals surface area contributed by atoms with Gasteiger partial charge in [-0.2, -0.15) is 0 Å². The fourth-order valence-electron chi connectivity index (χ4n) is 2.25. The average Bonchev–Trinajstić information content (AvgIpc) is 3.08. The number of Topliss-reactive ketones (excluding diaryl/α,β-unsaturated/α-hetero) is 1. The molecule has 3 rings (SSSR count). The van der Waals surface area contributed by atoms with Crippen LogP contribution in [0.5, 0.6) is 0 Å². The number of ketones is 1. The molecule has 0 aliphatic heterocycles. The number of carbonyl (C=O) groups excluding carboxylic acids is 1. The highest BCUT2D eigenvalue weighted by atomic mass is 32.2. The predicted octanol–water partition coefficient (Wildman–Crippen LogP) is 4.02. The Morgan fingerprint density at radius 1 is 1.00 bits per heavy atom. The minimum absolute atomic E-state index is 0.190. The molecule has 0 amide bonds. The molecular weight excluding hydrogens is 306 g/mol. The number of thioether (sulfide) groups is 1. The standard InChI is InChI=1S/C18H17N3OS/c22-17(15-8-3-1-4-9-15)12-7-13-23-18-20-19-14-21(18)16-10-5-2-6-11-16/h1-6,8-11,14H,7,12-13H2. The number of hydrogen-bond acceptors (Lipinski definition) is 4. The molecule has 1 heterocycles. The van der Waals surface area contributed by atoms with Crippen LogP contribution in [0.15, 0.2) is 72.1 Å². The van der Waals surface area contributed by atoms with Crippen LogP contribution in [-0.2, 0) is 0 Å². The Labute approximate surface area is 139 Å². The van der Waals surface area contributed by atoms with Crippen molar-refractivity contribution in [1.82, 2.24) is 14.8 Å². The largest absolute Gasteiger partial charge is 0.294 e. The van der Waals surface area contributed by atoms with Crippen LogP contribution in [0.2, 0.25) is 0 Å². The van der Waals surface area contributed by atoms with Gasteiger partial charge in [0, 0.05) is 23.4 Å². The number of hydrogen-bond donors (Lipinski definition) is 0. The van der Waals surface area contributed by atoms with E-state index >= 15 is 0 Å². The third-order valence-electron chi connectivity index (χ3n) is 3.43. The van der Waals surface area contributed by atoms with Crippen LogP contribution >= 0.6 is 11.8 Å². The molecule has 2 aromatic carbocycles. The van der Waals surface area contributed by atoms with Gasteiger partial charge in [-0.15, -0.1) is 10.2 Å². The first-order chi connectivity index (χ1) is 11.3. The number of carbonyl (C=O) groups is 1. The van der Waals surface area contributed by atoms with Crippen molar-refractivity contribution in [2.24, 2.45) is 0 Å². The van der Waals surface area contributed by atoms with Crippen LogP contribution in [0.1, 0.15) is 23.2 Å². The Morgan fingerprint density at radius 2 is 1.70 bits per heavy atom. The van der Waals surface area contributed by atoms with E-state index in [2.05, 4.69) is 10.2 Å². The van der Waals surface area contributed by atoms with E-state index in [1.165, 1.54) is 0 Å². The van der Waals surface area contributed by atoms with Gasteiger partial charge in [0.1, 0.15) is 6.33 Å². The topological polar surface area (TPSA) is 47.8 Å². The molecule has 0 aliphatic carbocycles. The zero-order valence-electron chi connectivity index (χ0n) is 12.6. The summed E-state index contributed by atoms with van der Waals surface area (Å²) in [5, 5.41) is 8.99. The Bertz CT molecular complexity index is 756. The van der Waals surface area contributed by atoms with Crippen LogP contribution in [0.25, 0.3) is 5.69 Å². The minimum atomic E-state index is 0.190. The maximum atomic E-state index is 12.1. The second-order valence-electron chi connectivity index (χ2n) is 5.06. The highest BCUT2D eigenvalue weighted by molar-refractivity contribution is 7.99. The summed E-state index contributed by atoms with van der Waals surface area (Å²) in [5.41, 5.74) is 1.82. The predicted molar refractivity (Wildman–Crippen MR) is 92.1 cm³/mol. The Balaban J connectivity index is 1.52. The first-order valence-electron chi connectivity index (χ1n) is 7.51. The number of nitrogens with zero attached hydrogens (tertiary/aromatic N) is 3. The quantitative estimate of drug-likeness (QED) is 0.374. The van der Waals surface area contributed by atoms with E-state index < -0.39 is 0 Å². The lowest BCUT2D eigenvalue weighted by Gasteiger charge is -2.05. The third kappa shape index (κ3) is 4.07. The van der Waals surface area contributed by atoms with Crippen molar-refractivity contribution in [2.75, 3.05) is 5.75 Å². The van der Waals surface area contributed by atoms with Gasteiger partial charge in [0.05, 0.1) is 0 Å². The smallest absolute Gasteiger partial charge is 0.195 e. The molecule has 0 saturated heterocycles. The van der Waals surface area contributed by atoms with Gasteiger partial charge in [-0.05, 0) is 18.6 Å². The summed E-state index contributed by atoms with van der Waals surface area (Å²) < 4.78 is 1.96. The molecular formula is C18H17N3OS. The first-order valence-corrected chi connectivity index (χ1v) is 8.49. The molecule has 0 unspecified atom stereocenters. The van der Waals surface area contributed by atoms with Gasteiger partial charge in [-0.25, -0.2) is 0 Å². The van der Waals surface area contributed by atoms with E-state index in [4.69, 9.17) is 0 Å². The van der Waals surface area contributed by atoms with E-state index in [1.807, 2.05) is 65.2 Å². The normalized spacial score (nSPS) is 10.6. The molecule has 0 aliphatic rings. The van der Waals surface area contributed by atoms with Crippen molar-refractivity contribution in [1.29, 1.82) is 0 Å². The van der Waals surface area contributed by atoms with E-state index in [0.717, 1.165) is 28.6 Å². The molecule has 0 fully saturated rings. The van der Waals surface area contributed by atoms with Crippen LogP contribution in [-0.4, -0.2) is 26.3 Å². The molecule has 0 N–H and O–H groups in total. The summed E-state index contributed by atoms with van der Waals surface area (Å²) in [6.45, 7) is 0. The fraction of sp³-hybridized carbons (Fsp3) is 0.167. The van der Waals surface area contributed by atoms with E-state index in [9.17, 15) is 4.79 Å². The fourth-order valence-corrected chi connectivity index (χ4v) is 3.12. The first kappa shape index (κ1) is 15.5. The van der Waals surface area contributed by atoms with Gasteiger partial charge in [-0.1, -0.05) is 60.3 Å². The van der Waals surface area contributed by atoms with Crippen molar-refractivity contribution >= 4 is 17.5 Å². The minimum Gasteiger partial charge on any atom is -0.294 e. The van der Waals surface area contributed by atoms with Crippen molar-refractivity contribution in [3.63, 3.8) is 0 Å². The molecule has 0 spiro atoms. The highest BCUT2D eigenvalue weighted by Gasteiger charge is 2.08. The molecule has 0 bridgehead atoms. The van der Waals surface area contributed by atoms with Crippen molar-refractivity contribution in [2.45, 2.75) is 18.0 Å². The van der Waals surface area contributed by atoms with Gasteiger partial charge in [-0.3, -0.25) is 9.36 Å². The van der Waals surface area contributed by atoms with Gasteiger partial charge in [0.25, 0.3) is 0 Å². The maximum Gasteiger partial charge on any atom is 0.195 e. The summed E-state index contributed by atoms with van der Waals surface area (Å²) in [5.74, 6) is 1.03. The molecule has 23 heavy (non-hydrogen) atoms. The van der Waals surface area contributed by atoms with Crippen LogP contribution in [0, 0.1) is 0 Å². The zero-order valence-corrected chi connectivity index (χ0v) is 13.4. The number of para-hydroxylation sites is 1. The second-order valence-corrected chi connectivity index (χ2v) is 6.12. The summed E-state index contributed by atoms with van der Waals surface area (Å²) in [4.78, 5) is 12.1. The van der Waals surface area contributed by atoms with E-state index in [0.29, 0.717) is 6.42 Å². The van der Waals surface area contributed by atoms with Crippen LogP contribution < -0.4 is 0 Å². The zero-order chi connectivity index (χ0) is 15.9. The lowest BCUT2D eigenvalue weighted by molar-refractivity contribution is 0.0982. The van der Waals surface area contributed by atoms with E-state index in [-0.39, 0.29) is 5.78 Å². The summed E-state index contributed by atoms with van der Waals surface area (Å²) >= 11 is 1.62. The lowest BCUT2D eigenvalue weighted by atomic mass is 10.1. The number of aromatic nitrogens is 3. The molecule has 5 heteroatoms. The molecule has 1 aromatic heterocycles. The van der Waals surface area contributed by atoms with Crippen LogP contribution in [0.3, 0.4) is 0 Å². The van der Waals surface area contributed by atoms with Crippen molar-refractivity contribution in [3.05, 3.63) is 72.6 Å².